The van der Waals surface area contributed by atoms with Crippen LogP contribution in [0.15, 0.2) is 36.5 Å². The summed E-state index contributed by atoms with van der Waals surface area (Å²) in [6, 6.07) is 0. The first-order chi connectivity index (χ1) is 33.6. The van der Waals surface area contributed by atoms with Crippen LogP contribution < -0.4 is 0 Å². The van der Waals surface area contributed by atoms with E-state index in [-0.39, 0.29) is 25.2 Å². The first-order valence-electron chi connectivity index (χ1n) is 30.5. The lowest BCUT2D eigenvalue weighted by atomic mass is 10.0. The van der Waals surface area contributed by atoms with Gasteiger partial charge in [-0.15, -0.1) is 0 Å². The lowest BCUT2D eigenvalue weighted by Crippen LogP contribution is -2.30. The van der Waals surface area contributed by atoms with Crippen molar-refractivity contribution in [1.29, 1.82) is 0 Å². The van der Waals surface area contributed by atoms with Crippen LogP contribution in [0.5, 0.6) is 0 Å². The average Bonchev–Trinajstić information content (AvgIpc) is 3.34. The molecule has 0 aliphatic carbocycles. The van der Waals surface area contributed by atoms with Crippen molar-refractivity contribution in [2.75, 3.05) is 19.8 Å². The largest absolute Gasteiger partial charge is 0.462 e. The number of unbranched alkanes of at least 4 members (excludes halogenated alkanes) is 40. The highest BCUT2D eigenvalue weighted by Crippen LogP contribution is 2.17. The van der Waals surface area contributed by atoms with Crippen molar-refractivity contribution in [1.82, 2.24) is 0 Å². The van der Waals surface area contributed by atoms with Crippen LogP contribution in [0.2, 0.25) is 0 Å². The highest BCUT2D eigenvalue weighted by Gasteiger charge is 2.17. The number of ether oxygens (including phenoxy) is 3. The molecule has 0 saturated carbocycles. The van der Waals surface area contributed by atoms with Gasteiger partial charge in [0, 0.05) is 19.4 Å². The Bertz CT molecular complexity index is 1080. The number of carbonyl (C=O) groups excluding carboxylic acids is 2. The van der Waals surface area contributed by atoms with Crippen LogP contribution in [0, 0.1) is 0 Å². The minimum absolute atomic E-state index is 0.0833. The van der Waals surface area contributed by atoms with Crippen molar-refractivity contribution in [2.45, 2.75) is 335 Å². The molecule has 5 heteroatoms. The van der Waals surface area contributed by atoms with Crippen LogP contribution in [-0.2, 0) is 23.8 Å². The Morgan fingerprint density at radius 2 is 0.618 bits per heavy atom. The summed E-state index contributed by atoms with van der Waals surface area (Å²) in [5.74, 6) is -0.399. The molecule has 0 aliphatic heterocycles. The van der Waals surface area contributed by atoms with Gasteiger partial charge in [0.25, 0.3) is 0 Å². The summed E-state index contributed by atoms with van der Waals surface area (Å²) in [5, 5.41) is 0. The monoisotopic (exact) mass is 955 g/mol. The highest BCUT2D eigenvalue weighted by molar-refractivity contribution is 5.70. The topological polar surface area (TPSA) is 61.8 Å². The normalized spacial score (nSPS) is 12.3. The summed E-state index contributed by atoms with van der Waals surface area (Å²) >= 11 is 0. The first-order valence-corrected chi connectivity index (χ1v) is 30.5. The van der Waals surface area contributed by atoms with E-state index in [1.165, 1.54) is 231 Å². The smallest absolute Gasteiger partial charge is 0.306 e. The second-order valence-corrected chi connectivity index (χ2v) is 20.6. The molecule has 400 valence electrons. The van der Waals surface area contributed by atoms with Gasteiger partial charge in [-0.1, -0.05) is 295 Å². The van der Waals surface area contributed by atoms with Gasteiger partial charge in [0.1, 0.15) is 6.61 Å². The van der Waals surface area contributed by atoms with Crippen LogP contribution in [0.3, 0.4) is 0 Å². The molecule has 0 N–H and O–H groups in total. The van der Waals surface area contributed by atoms with Crippen molar-refractivity contribution < 1.29 is 23.8 Å². The van der Waals surface area contributed by atoms with E-state index >= 15 is 0 Å². The molecule has 5 nitrogen and oxygen atoms in total. The van der Waals surface area contributed by atoms with Gasteiger partial charge in [0.2, 0.25) is 0 Å². The average molecular weight is 956 g/mol. The van der Waals surface area contributed by atoms with Crippen LogP contribution in [0.25, 0.3) is 0 Å². The molecule has 0 amide bonds. The van der Waals surface area contributed by atoms with E-state index in [0.29, 0.717) is 19.4 Å². The Morgan fingerprint density at radius 1 is 0.324 bits per heavy atom. The molecule has 0 unspecified atom stereocenters. The summed E-state index contributed by atoms with van der Waals surface area (Å²) in [4.78, 5) is 25.6. The van der Waals surface area contributed by atoms with Gasteiger partial charge in [-0.25, -0.2) is 0 Å². The molecule has 0 bridgehead atoms. The summed E-state index contributed by atoms with van der Waals surface area (Å²) in [5.41, 5.74) is 0. The summed E-state index contributed by atoms with van der Waals surface area (Å²) in [6.45, 7) is 7.85. The van der Waals surface area contributed by atoms with Crippen LogP contribution in [0.4, 0.5) is 0 Å². The molecule has 0 rings (SSSR count). The number of esters is 2. The molecule has 0 saturated heterocycles. The number of rotatable bonds is 57. The van der Waals surface area contributed by atoms with Crippen molar-refractivity contribution in [3.63, 3.8) is 0 Å². The van der Waals surface area contributed by atoms with Crippen LogP contribution in [-0.4, -0.2) is 37.9 Å². The van der Waals surface area contributed by atoms with Gasteiger partial charge in [-0.2, -0.15) is 0 Å². The Morgan fingerprint density at radius 3 is 1.01 bits per heavy atom. The Balaban J connectivity index is 4.25. The first kappa shape index (κ1) is 66.1. The fourth-order valence-electron chi connectivity index (χ4n) is 9.11. The molecule has 0 aromatic heterocycles. The molecule has 1 atom stereocenters. The quantitative estimate of drug-likeness (QED) is 0.0345. The minimum atomic E-state index is -0.543. The Labute approximate surface area is 425 Å². The zero-order valence-corrected chi connectivity index (χ0v) is 46.1. The minimum Gasteiger partial charge on any atom is -0.462 e. The van der Waals surface area contributed by atoms with Gasteiger partial charge >= 0.3 is 11.9 Å². The second kappa shape index (κ2) is 59.4. The molecule has 0 fully saturated rings. The van der Waals surface area contributed by atoms with Gasteiger partial charge < -0.3 is 14.2 Å². The Kier molecular flexibility index (Phi) is 57.8. The van der Waals surface area contributed by atoms with E-state index in [2.05, 4.69) is 57.2 Å². The number of hydrogen-bond acceptors (Lipinski definition) is 5. The summed E-state index contributed by atoms with van der Waals surface area (Å²) in [7, 11) is 0. The molecule has 0 aliphatic rings. The van der Waals surface area contributed by atoms with Gasteiger partial charge in [-0.05, 0) is 57.8 Å². The SMILES string of the molecule is CCCCC/C=C\C/C=C\C/C=C\CCCCCCC(=O)O[C@H](COCCCCCCCCCCCCCCCCCC)COC(=O)CCCCCCCCCCCCCCCCCCCCC. The summed E-state index contributed by atoms with van der Waals surface area (Å²) in [6.07, 6.45) is 73.1. The maximum atomic E-state index is 12.9. The van der Waals surface area contributed by atoms with Crippen molar-refractivity contribution >= 4 is 11.9 Å². The molecule has 68 heavy (non-hydrogen) atoms. The second-order valence-electron chi connectivity index (χ2n) is 20.6. The zero-order valence-electron chi connectivity index (χ0n) is 46.1. The van der Waals surface area contributed by atoms with Crippen LogP contribution in [0.1, 0.15) is 329 Å². The van der Waals surface area contributed by atoms with E-state index in [1.54, 1.807) is 0 Å². The van der Waals surface area contributed by atoms with E-state index in [0.717, 1.165) is 64.2 Å². The molecular weight excluding hydrogens is 837 g/mol. The molecule has 0 spiro atoms. The fraction of sp³-hybridized carbons (Fsp3) is 0.873. The van der Waals surface area contributed by atoms with Crippen molar-refractivity contribution in [3.8, 4) is 0 Å². The predicted octanol–water partition coefficient (Wildman–Crippen LogP) is 20.9. The lowest BCUT2D eigenvalue weighted by Gasteiger charge is -2.18. The van der Waals surface area contributed by atoms with Gasteiger partial charge in [0.05, 0.1) is 6.61 Å². The number of carbonyl (C=O) groups is 2. The molecular formula is C63H118O5. The molecule has 0 heterocycles. The standard InChI is InChI=1S/C63H118O5/c1-4-7-10-13-16-19-22-25-28-31-32-34-35-38-41-44-47-50-53-56-62(64)67-60-61(59-66-58-55-52-49-46-43-40-37-30-27-24-21-18-15-12-9-6-3)68-63(65)57-54-51-48-45-42-39-36-33-29-26-23-20-17-14-11-8-5-2/h17,20,26,29,36,39,61H,4-16,18-19,21-25,27-28,30-35,37-38,40-60H2,1-3H3/b20-17-,29-26-,39-36-/t61-/m1/s1. The van der Waals surface area contributed by atoms with Crippen molar-refractivity contribution in [3.05, 3.63) is 36.5 Å². The maximum absolute atomic E-state index is 12.9. The number of allylic oxidation sites excluding steroid dienone is 6. The third-order valence-electron chi connectivity index (χ3n) is 13.7. The third-order valence-corrected chi connectivity index (χ3v) is 13.7. The zero-order chi connectivity index (χ0) is 49.2. The van der Waals surface area contributed by atoms with E-state index < -0.39 is 6.10 Å². The third kappa shape index (κ3) is 56.7. The fourth-order valence-corrected chi connectivity index (χ4v) is 9.11. The van der Waals surface area contributed by atoms with E-state index in [4.69, 9.17) is 14.2 Å². The summed E-state index contributed by atoms with van der Waals surface area (Å²) < 4.78 is 17.5. The maximum Gasteiger partial charge on any atom is 0.306 e. The molecule has 0 radical (unpaired) electrons. The molecule has 0 aromatic rings. The van der Waals surface area contributed by atoms with Crippen molar-refractivity contribution in [2.24, 2.45) is 0 Å². The number of hydrogen-bond donors (Lipinski definition) is 0. The predicted molar refractivity (Wildman–Crippen MR) is 298 cm³/mol. The van der Waals surface area contributed by atoms with Gasteiger partial charge in [-0.3, -0.25) is 9.59 Å². The highest BCUT2D eigenvalue weighted by atomic mass is 16.6. The van der Waals surface area contributed by atoms with E-state index in [1.807, 2.05) is 0 Å². The van der Waals surface area contributed by atoms with Gasteiger partial charge in [0.15, 0.2) is 6.10 Å². The molecule has 0 aromatic carbocycles. The Hall–Kier alpha value is -1.88. The van der Waals surface area contributed by atoms with Crippen LogP contribution >= 0.6 is 0 Å². The van der Waals surface area contributed by atoms with E-state index in [9.17, 15) is 9.59 Å². The lowest BCUT2D eigenvalue weighted by molar-refractivity contribution is -0.163.